The lowest BCUT2D eigenvalue weighted by Crippen LogP contribution is -2.20. The van der Waals surface area contributed by atoms with Gasteiger partial charge >= 0.3 is 0 Å². The van der Waals surface area contributed by atoms with E-state index in [4.69, 9.17) is 11.6 Å². The molecule has 0 aliphatic heterocycles. The van der Waals surface area contributed by atoms with E-state index in [9.17, 15) is 23.6 Å². The Morgan fingerprint density at radius 3 is 2.60 bits per heavy atom. The van der Waals surface area contributed by atoms with Crippen molar-refractivity contribution in [2.45, 2.75) is 18.7 Å². The number of hydrogen-bond donors (Lipinski definition) is 2. The van der Waals surface area contributed by atoms with Crippen LogP contribution in [0.15, 0.2) is 46.4 Å². The molecule has 0 aliphatic rings. The molecule has 2 aromatic carbocycles. The maximum atomic E-state index is 12.3. The minimum atomic E-state index is -4.12. The van der Waals surface area contributed by atoms with Crippen LogP contribution in [0.2, 0.25) is 5.02 Å². The third kappa shape index (κ3) is 4.25. The van der Waals surface area contributed by atoms with Crippen LogP contribution >= 0.6 is 11.6 Å². The topological polar surface area (TPSA) is 122 Å². The molecule has 2 N–H and O–H groups in total. The fraction of sp³-hybridized carbons (Fsp3) is 0.133. The predicted molar refractivity (Wildman–Crippen MR) is 93.5 cm³/mol. The summed E-state index contributed by atoms with van der Waals surface area (Å²) < 4.78 is 24.6. The molecule has 0 aliphatic carbocycles. The fourth-order valence-corrected chi connectivity index (χ4v) is 3.04. The molecule has 0 fully saturated rings. The van der Waals surface area contributed by atoms with Crippen molar-refractivity contribution in [1.29, 1.82) is 0 Å². The monoisotopic (exact) mass is 383 g/mol. The lowest BCUT2D eigenvalue weighted by Gasteiger charge is -2.07. The molecule has 0 radical (unpaired) electrons. The van der Waals surface area contributed by atoms with Crippen LogP contribution in [-0.4, -0.2) is 24.2 Å². The number of sulfonamides is 1. The summed E-state index contributed by atoms with van der Waals surface area (Å²) >= 11 is 5.84. The van der Waals surface area contributed by atoms with Crippen molar-refractivity contribution in [1.82, 2.24) is 4.83 Å². The number of aryl methyl sites for hydroxylation is 1. The Morgan fingerprint density at radius 1 is 1.28 bits per heavy atom. The van der Waals surface area contributed by atoms with Gasteiger partial charge in [-0.25, -0.2) is 0 Å². The SMILES string of the molecule is C/C(=N\NS(=O)(=O)c1ccc(C)c([N+](=O)[O-])c1)c1cc(Cl)ccc1O. The van der Waals surface area contributed by atoms with Gasteiger partial charge in [0.05, 0.1) is 15.5 Å². The number of phenols is 1. The van der Waals surface area contributed by atoms with Gasteiger partial charge in [-0.05, 0) is 38.1 Å². The summed E-state index contributed by atoms with van der Waals surface area (Å²) in [7, 11) is -4.12. The van der Waals surface area contributed by atoms with E-state index in [1.54, 1.807) is 0 Å². The van der Waals surface area contributed by atoms with Gasteiger partial charge in [-0.2, -0.15) is 18.4 Å². The Labute approximate surface area is 149 Å². The Kier molecular flexibility index (Phi) is 5.29. The number of aromatic hydroxyl groups is 1. The molecule has 10 heteroatoms. The van der Waals surface area contributed by atoms with Gasteiger partial charge in [-0.15, -0.1) is 0 Å². The second-order valence-electron chi connectivity index (χ2n) is 5.16. The van der Waals surface area contributed by atoms with E-state index in [1.165, 1.54) is 44.2 Å². The summed E-state index contributed by atoms with van der Waals surface area (Å²) in [6.07, 6.45) is 0. The minimum absolute atomic E-state index is 0.115. The number of hydrogen-bond acceptors (Lipinski definition) is 6. The Hall–Kier alpha value is -2.65. The third-order valence-corrected chi connectivity index (χ3v) is 4.81. The molecule has 0 bridgehead atoms. The standard InChI is InChI=1S/C15H14ClN3O5S/c1-9-3-5-12(8-14(9)19(21)22)25(23,24)18-17-10(2)13-7-11(16)4-6-15(13)20/h3-8,18,20H,1-2H3/b17-10+. The summed E-state index contributed by atoms with van der Waals surface area (Å²) in [6.45, 7) is 2.98. The van der Waals surface area contributed by atoms with Gasteiger partial charge in [0.25, 0.3) is 15.7 Å². The van der Waals surface area contributed by atoms with Gasteiger partial charge in [-0.1, -0.05) is 17.7 Å². The first-order valence-corrected chi connectivity index (χ1v) is 8.78. The molecule has 0 saturated heterocycles. The summed E-state index contributed by atoms with van der Waals surface area (Å²) in [4.78, 5) is 12.0. The van der Waals surface area contributed by atoms with Gasteiger partial charge in [-0.3, -0.25) is 10.1 Å². The van der Waals surface area contributed by atoms with E-state index in [2.05, 4.69) is 5.10 Å². The number of halogens is 1. The zero-order chi connectivity index (χ0) is 18.8. The summed E-state index contributed by atoms with van der Waals surface area (Å²) in [5.41, 5.74) is 0.457. The highest BCUT2D eigenvalue weighted by Crippen LogP contribution is 2.23. The zero-order valence-corrected chi connectivity index (χ0v) is 14.8. The van der Waals surface area contributed by atoms with Crippen molar-refractivity contribution in [2.75, 3.05) is 0 Å². The van der Waals surface area contributed by atoms with Crippen LogP contribution in [0, 0.1) is 17.0 Å². The second kappa shape index (κ2) is 7.08. The number of nitro benzene ring substituents is 1. The highest BCUT2D eigenvalue weighted by Gasteiger charge is 2.19. The Bertz CT molecular complexity index is 973. The smallest absolute Gasteiger partial charge is 0.276 e. The summed E-state index contributed by atoms with van der Waals surface area (Å²) in [6, 6.07) is 7.80. The molecule has 0 aromatic heterocycles. The van der Waals surface area contributed by atoms with Crippen molar-refractivity contribution in [3.63, 3.8) is 0 Å². The highest BCUT2D eigenvalue weighted by atomic mass is 35.5. The molecular formula is C15H14ClN3O5S. The van der Waals surface area contributed by atoms with E-state index in [-0.39, 0.29) is 27.6 Å². The van der Waals surface area contributed by atoms with Crippen LogP contribution in [0.4, 0.5) is 5.69 Å². The van der Waals surface area contributed by atoms with Gasteiger partial charge in [0.15, 0.2) is 0 Å². The number of benzene rings is 2. The maximum absolute atomic E-state index is 12.3. The number of phenolic OH excluding ortho intramolecular Hbond substituents is 1. The average Bonchev–Trinajstić information content (AvgIpc) is 2.55. The van der Waals surface area contributed by atoms with Crippen molar-refractivity contribution in [3.05, 3.63) is 62.7 Å². The van der Waals surface area contributed by atoms with E-state index in [1.807, 2.05) is 4.83 Å². The minimum Gasteiger partial charge on any atom is -0.507 e. The molecule has 0 amide bonds. The Balaban J connectivity index is 2.34. The van der Waals surface area contributed by atoms with E-state index in [0.29, 0.717) is 10.6 Å². The molecule has 25 heavy (non-hydrogen) atoms. The molecule has 2 rings (SSSR count). The van der Waals surface area contributed by atoms with Crippen LogP contribution in [0.1, 0.15) is 18.1 Å². The molecule has 0 unspecified atom stereocenters. The predicted octanol–water partition coefficient (Wildman–Crippen LogP) is 2.96. The van der Waals surface area contributed by atoms with Gasteiger partial charge in [0, 0.05) is 22.2 Å². The number of nitrogens with zero attached hydrogens (tertiary/aromatic N) is 2. The summed E-state index contributed by atoms with van der Waals surface area (Å²) in [5.74, 6) is -0.115. The van der Waals surface area contributed by atoms with E-state index < -0.39 is 14.9 Å². The van der Waals surface area contributed by atoms with Crippen molar-refractivity contribution >= 4 is 33.0 Å². The molecular weight excluding hydrogens is 370 g/mol. The van der Waals surface area contributed by atoms with Gasteiger partial charge in [0.1, 0.15) is 5.75 Å². The highest BCUT2D eigenvalue weighted by molar-refractivity contribution is 7.89. The number of nitro groups is 1. The lowest BCUT2D eigenvalue weighted by atomic mass is 10.1. The average molecular weight is 384 g/mol. The molecule has 0 atom stereocenters. The first kappa shape index (κ1) is 18.7. The maximum Gasteiger partial charge on any atom is 0.276 e. The molecule has 132 valence electrons. The number of rotatable bonds is 5. The third-order valence-electron chi connectivity index (χ3n) is 3.37. The zero-order valence-electron chi connectivity index (χ0n) is 13.2. The molecule has 0 spiro atoms. The summed E-state index contributed by atoms with van der Waals surface area (Å²) in [5, 5.41) is 24.8. The van der Waals surface area contributed by atoms with Crippen LogP contribution in [0.5, 0.6) is 5.75 Å². The van der Waals surface area contributed by atoms with Crippen molar-refractivity contribution in [3.8, 4) is 5.75 Å². The number of nitrogens with one attached hydrogen (secondary N) is 1. The van der Waals surface area contributed by atoms with Crippen molar-refractivity contribution < 1.29 is 18.4 Å². The van der Waals surface area contributed by atoms with E-state index in [0.717, 1.165) is 6.07 Å². The van der Waals surface area contributed by atoms with Gasteiger partial charge in [0.2, 0.25) is 0 Å². The van der Waals surface area contributed by atoms with Crippen molar-refractivity contribution in [2.24, 2.45) is 5.10 Å². The number of hydrazone groups is 1. The molecule has 2 aromatic rings. The first-order chi connectivity index (χ1) is 11.6. The lowest BCUT2D eigenvalue weighted by molar-refractivity contribution is -0.385. The molecule has 0 saturated carbocycles. The largest absolute Gasteiger partial charge is 0.507 e. The first-order valence-electron chi connectivity index (χ1n) is 6.92. The quantitative estimate of drug-likeness (QED) is 0.467. The fourth-order valence-electron chi connectivity index (χ4n) is 1.99. The van der Waals surface area contributed by atoms with Crippen LogP contribution in [0.3, 0.4) is 0 Å². The molecule has 0 heterocycles. The Morgan fingerprint density at radius 2 is 1.96 bits per heavy atom. The normalized spacial score (nSPS) is 12.0. The van der Waals surface area contributed by atoms with Gasteiger partial charge < -0.3 is 5.11 Å². The van der Waals surface area contributed by atoms with Crippen LogP contribution < -0.4 is 4.83 Å². The molecule has 8 nitrogen and oxygen atoms in total. The second-order valence-corrected chi connectivity index (χ2v) is 7.26. The van der Waals surface area contributed by atoms with Crippen LogP contribution in [-0.2, 0) is 10.0 Å². The van der Waals surface area contributed by atoms with Crippen LogP contribution in [0.25, 0.3) is 0 Å². The van der Waals surface area contributed by atoms with E-state index >= 15 is 0 Å².